The molecule has 3 N–H and O–H groups in total. The SMILES string of the molecule is CCOC1(C(Cc2ccoc2)NN)CCCCCC1. The Bertz CT molecular complexity index is 343. The van der Waals surface area contributed by atoms with E-state index in [2.05, 4.69) is 12.3 Å². The molecule has 1 saturated carbocycles. The summed E-state index contributed by atoms with van der Waals surface area (Å²) < 4.78 is 11.3. The van der Waals surface area contributed by atoms with Gasteiger partial charge < -0.3 is 9.15 Å². The van der Waals surface area contributed by atoms with Crippen LogP contribution in [0.2, 0.25) is 0 Å². The van der Waals surface area contributed by atoms with Crippen LogP contribution in [-0.2, 0) is 11.2 Å². The molecule has 2 rings (SSSR count). The molecule has 19 heavy (non-hydrogen) atoms. The van der Waals surface area contributed by atoms with Crippen LogP contribution in [-0.4, -0.2) is 18.2 Å². The van der Waals surface area contributed by atoms with E-state index in [0.29, 0.717) is 0 Å². The molecule has 1 aromatic heterocycles. The molecule has 1 atom stereocenters. The second-order valence-corrected chi connectivity index (χ2v) is 5.47. The summed E-state index contributed by atoms with van der Waals surface area (Å²) in [5.74, 6) is 5.83. The van der Waals surface area contributed by atoms with E-state index in [-0.39, 0.29) is 11.6 Å². The molecular formula is C15H26N2O2. The molecule has 1 aromatic rings. The van der Waals surface area contributed by atoms with E-state index in [1.54, 1.807) is 12.5 Å². The molecule has 0 aromatic carbocycles. The minimum absolute atomic E-state index is 0.128. The zero-order chi connectivity index (χ0) is 13.6. The van der Waals surface area contributed by atoms with Gasteiger partial charge in [0.15, 0.2) is 0 Å². The van der Waals surface area contributed by atoms with Crippen LogP contribution in [0.3, 0.4) is 0 Å². The van der Waals surface area contributed by atoms with Crippen molar-refractivity contribution >= 4 is 0 Å². The number of hydrazine groups is 1. The van der Waals surface area contributed by atoms with Crippen LogP contribution < -0.4 is 11.3 Å². The molecule has 0 spiro atoms. The van der Waals surface area contributed by atoms with E-state index in [1.807, 2.05) is 6.07 Å². The standard InChI is InChI=1S/C15H26N2O2/c1-2-19-15(8-5-3-4-6-9-15)14(17-16)11-13-7-10-18-12-13/h7,10,12,14,17H,2-6,8-9,11,16H2,1H3. The monoisotopic (exact) mass is 266 g/mol. The molecule has 1 aliphatic carbocycles. The predicted molar refractivity (Wildman–Crippen MR) is 75.6 cm³/mol. The van der Waals surface area contributed by atoms with Gasteiger partial charge in [0.1, 0.15) is 0 Å². The Kier molecular flexibility index (Phi) is 5.43. The van der Waals surface area contributed by atoms with E-state index in [1.165, 1.54) is 31.2 Å². The number of hydrogen-bond donors (Lipinski definition) is 2. The maximum Gasteiger partial charge on any atom is 0.0935 e. The summed E-state index contributed by atoms with van der Waals surface area (Å²) >= 11 is 0. The van der Waals surface area contributed by atoms with Crippen LogP contribution in [0.4, 0.5) is 0 Å². The van der Waals surface area contributed by atoms with Gasteiger partial charge in [-0.2, -0.15) is 0 Å². The fraction of sp³-hybridized carbons (Fsp3) is 0.733. The van der Waals surface area contributed by atoms with Crippen molar-refractivity contribution in [1.82, 2.24) is 5.43 Å². The Morgan fingerprint density at radius 1 is 1.37 bits per heavy atom. The van der Waals surface area contributed by atoms with Gasteiger partial charge in [-0.25, -0.2) is 0 Å². The molecule has 1 aliphatic rings. The van der Waals surface area contributed by atoms with Crippen molar-refractivity contribution in [2.45, 2.75) is 63.5 Å². The van der Waals surface area contributed by atoms with Gasteiger partial charge in [0.2, 0.25) is 0 Å². The summed E-state index contributed by atoms with van der Waals surface area (Å²) in [6.07, 6.45) is 11.6. The number of nitrogens with one attached hydrogen (secondary N) is 1. The Morgan fingerprint density at radius 3 is 2.63 bits per heavy atom. The smallest absolute Gasteiger partial charge is 0.0935 e. The first-order valence-electron chi connectivity index (χ1n) is 7.42. The first kappa shape index (κ1) is 14.6. The Hall–Kier alpha value is -0.840. The molecule has 0 saturated heterocycles. The highest BCUT2D eigenvalue weighted by molar-refractivity contribution is 5.10. The predicted octanol–water partition coefficient (Wildman–Crippen LogP) is 2.78. The zero-order valence-corrected chi connectivity index (χ0v) is 11.9. The van der Waals surface area contributed by atoms with Crippen LogP contribution in [0, 0.1) is 0 Å². The number of furan rings is 1. The van der Waals surface area contributed by atoms with Gasteiger partial charge in [-0.15, -0.1) is 0 Å². The average Bonchev–Trinajstić information content (AvgIpc) is 2.82. The number of hydrogen-bond acceptors (Lipinski definition) is 4. The molecule has 0 radical (unpaired) electrons. The summed E-state index contributed by atoms with van der Waals surface area (Å²) in [5, 5.41) is 0. The van der Waals surface area contributed by atoms with Gasteiger partial charge in [0, 0.05) is 6.61 Å². The highest BCUT2D eigenvalue weighted by Gasteiger charge is 2.39. The fourth-order valence-electron chi connectivity index (χ4n) is 3.25. The zero-order valence-electron chi connectivity index (χ0n) is 11.9. The normalized spacial score (nSPS) is 20.9. The van der Waals surface area contributed by atoms with Crippen molar-refractivity contribution in [3.05, 3.63) is 24.2 Å². The van der Waals surface area contributed by atoms with Gasteiger partial charge in [-0.1, -0.05) is 25.7 Å². The Morgan fingerprint density at radius 2 is 2.11 bits per heavy atom. The minimum atomic E-state index is -0.128. The van der Waals surface area contributed by atoms with Crippen molar-refractivity contribution in [2.24, 2.45) is 5.84 Å². The lowest BCUT2D eigenvalue weighted by atomic mass is 9.83. The van der Waals surface area contributed by atoms with Crippen molar-refractivity contribution in [3.63, 3.8) is 0 Å². The van der Waals surface area contributed by atoms with Crippen LogP contribution in [0.1, 0.15) is 51.0 Å². The minimum Gasteiger partial charge on any atom is -0.472 e. The number of nitrogens with two attached hydrogens (primary N) is 1. The number of ether oxygens (including phenoxy) is 1. The van der Waals surface area contributed by atoms with Crippen LogP contribution >= 0.6 is 0 Å². The highest BCUT2D eigenvalue weighted by Crippen LogP contribution is 2.34. The molecule has 0 bridgehead atoms. The van der Waals surface area contributed by atoms with E-state index in [9.17, 15) is 0 Å². The largest absolute Gasteiger partial charge is 0.472 e. The molecular weight excluding hydrogens is 240 g/mol. The van der Waals surface area contributed by atoms with Crippen molar-refractivity contribution in [2.75, 3.05) is 6.61 Å². The Labute approximate surface area is 115 Å². The summed E-state index contributed by atoms with van der Waals surface area (Å²) in [6.45, 7) is 2.81. The summed E-state index contributed by atoms with van der Waals surface area (Å²) in [5.41, 5.74) is 4.04. The van der Waals surface area contributed by atoms with Crippen molar-refractivity contribution < 1.29 is 9.15 Å². The van der Waals surface area contributed by atoms with Gasteiger partial charge in [-0.3, -0.25) is 11.3 Å². The lowest BCUT2D eigenvalue weighted by molar-refractivity contribution is -0.0768. The van der Waals surface area contributed by atoms with Crippen molar-refractivity contribution in [1.29, 1.82) is 0 Å². The second kappa shape index (κ2) is 7.08. The Balaban J connectivity index is 2.13. The van der Waals surface area contributed by atoms with Crippen LogP contribution in [0.15, 0.2) is 23.0 Å². The van der Waals surface area contributed by atoms with Gasteiger partial charge >= 0.3 is 0 Å². The lowest BCUT2D eigenvalue weighted by Gasteiger charge is -2.39. The summed E-state index contributed by atoms with van der Waals surface area (Å²) in [4.78, 5) is 0. The molecule has 1 heterocycles. The first-order valence-corrected chi connectivity index (χ1v) is 7.42. The molecule has 4 heteroatoms. The molecule has 108 valence electrons. The molecule has 0 amide bonds. The highest BCUT2D eigenvalue weighted by atomic mass is 16.5. The molecule has 1 unspecified atom stereocenters. The molecule has 1 fully saturated rings. The van der Waals surface area contributed by atoms with Crippen molar-refractivity contribution in [3.8, 4) is 0 Å². The van der Waals surface area contributed by atoms with E-state index >= 15 is 0 Å². The first-order chi connectivity index (χ1) is 9.30. The lowest BCUT2D eigenvalue weighted by Crippen LogP contribution is -2.56. The molecule has 0 aliphatic heterocycles. The van der Waals surface area contributed by atoms with Gasteiger partial charge in [0.05, 0.1) is 24.2 Å². The fourth-order valence-corrected chi connectivity index (χ4v) is 3.25. The topological polar surface area (TPSA) is 60.4 Å². The van der Waals surface area contributed by atoms with Gasteiger partial charge in [-0.05, 0) is 37.8 Å². The van der Waals surface area contributed by atoms with Gasteiger partial charge in [0.25, 0.3) is 0 Å². The maximum absolute atomic E-state index is 6.18. The second-order valence-electron chi connectivity index (χ2n) is 5.47. The molecule has 4 nitrogen and oxygen atoms in total. The maximum atomic E-state index is 6.18. The quantitative estimate of drug-likeness (QED) is 0.472. The van der Waals surface area contributed by atoms with Crippen LogP contribution in [0.5, 0.6) is 0 Å². The number of rotatable bonds is 6. The third kappa shape index (κ3) is 3.59. The van der Waals surface area contributed by atoms with Crippen LogP contribution in [0.25, 0.3) is 0 Å². The third-order valence-corrected chi connectivity index (χ3v) is 4.24. The average molecular weight is 266 g/mol. The summed E-state index contributed by atoms with van der Waals surface area (Å²) in [7, 11) is 0. The van der Waals surface area contributed by atoms with E-state index < -0.39 is 0 Å². The van der Waals surface area contributed by atoms with E-state index in [4.69, 9.17) is 15.0 Å². The van der Waals surface area contributed by atoms with E-state index in [0.717, 1.165) is 25.9 Å². The summed E-state index contributed by atoms with van der Waals surface area (Å²) in [6, 6.07) is 2.14. The third-order valence-electron chi connectivity index (χ3n) is 4.24.